The molecule has 0 amide bonds. The van der Waals surface area contributed by atoms with Gasteiger partial charge in [0.1, 0.15) is 0 Å². The molecule has 0 saturated heterocycles. The number of esters is 1. The van der Waals surface area contributed by atoms with Gasteiger partial charge >= 0.3 is 5.97 Å². The lowest BCUT2D eigenvalue weighted by Gasteiger charge is -2.02. The number of hydrogen-bond donors (Lipinski definition) is 1. The van der Waals surface area contributed by atoms with Gasteiger partial charge in [0, 0.05) is 12.7 Å². The third kappa shape index (κ3) is 2.62. The van der Waals surface area contributed by atoms with E-state index in [9.17, 15) is 4.79 Å². The van der Waals surface area contributed by atoms with Crippen LogP contribution in [-0.2, 0) is 11.3 Å². The molecule has 0 aromatic carbocycles. The second-order valence-electron chi connectivity index (χ2n) is 3.51. The SMILES string of the molecule is CCn1cc(Nc2ccc(C(=O)OC)nn2)cn1. The van der Waals surface area contributed by atoms with E-state index in [2.05, 4.69) is 25.3 Å². The number of carbonyl (C=O) groups is 1. The molecule has 2 rings (SSSR count). The Labute approximate surface area is 104 Å². The van der Waals surface area contributed by atoms with Crippen molar-refractivity contribution >= 4 is 17.5 Å². The topological polar surface area (TPSA) is 81.9 Å². The van der Waals surface area contributed by atoms with Gasteiger partial charge in [-0.1, -0.05) is 0 Å². The van der Waals surface area contributed by atoms with Gasteiger partial charge in [-0.3, -0.25) is 4.68 Å². The number of ether oxygens (including phenoxy) is 1. The van der Waals surface area contributed by atoms with Crippen LogP contribution in [-0.4, -0.2) is 33.1 Å². The third-order valence-electron chi connectivity index (χ3n) is 2.29. The summed E-state index contributed by atoms with van der Waals surface area (Å²) in [5, 5.41) is 14.8. The summed E-state index contributed by atoms with van der Waals surface area (Å²) < 4.78 is 6.33. The Morgan fingerprint density at radius 2 is 2.28 bits per heavy atom. The number of methoxy groups -OCH3 is 1. The Morgan fingerprint density at radius 1 is 1.44 bits per heavy atom. The predicted octanol–water partition coefficient (Wildman–Crippen LogP) is 1.22. The molecule has 94 valence electrons. The second-order valence-corrected chi connectivity index (χ2v) is 3.51. The molecular weight excluding hydrogens is 234 g/mol. The van der Waals surface area contributed by atoms with Crippen LogP contribution in [0.3, 0.4) is 0 Å². The molecule has 18 heavy (non-hydrogen) atoms. The summed E-state index contributed by atoms with van der Waals surface area (Å²) in [4.78, 5) is 11.2. The van der Waals surface area contributed by atoms with Crippen molar-refractivity contribution in [1.29, 1.82) is 0 Å². The molecule has 0 atom stereocenters. The minimum Gasteiger partial charge on any atom is -0.464 e. The highest BCUT2D eigenvalue weighted by atomic mass is 16.5. The number of nitrogens with zero attached hydrogens (tertiary/aromatic N) is 4. The number of rotatable bonds is 4. The van der Waals surface area contributed by atoms with E-state index in [1.807, 2.05) is 13.1 Å². The van der Waals surface area contributed by atoms with E-state index in [0.29, 0.717) is 5.82 Å². The van der Waals surface area contributed by atoms with E-state index >= 15 is 0 Å². The van der Waals surface area contributed by atoms with Crippen LogP contribution in [0.2, 0.25) is 0 Å². The first-order valence-corrected chi connectivity index (χ1v) is 5.44. The van der Waals surface area contributed by atoms with Gasteiger partial charge in [-0.25, -0.2) is 4.79 Å². The Morgan fingerprint density at radius 3 is 2.83 bits per heavy atom. The average Bonchev–Trinajstić information content (AvgIpc) is 2.86. The highest BCUT2D eigenvalue weighted by Gasteiger charge is 2.07. The van der Waals surface area contributed by atoms with Crippen LogP contribution in [0.1, 0.15) is 17.4 Å². The summed E-state index contributed by atoms with van der Waals surface area (Å²) in [7, 11) is 1.30. The van der Waals surface area contributed by atoms with E-state index in [1.54, 1.807) is 23.0 Å². The zero-order valence-corrected chi connectivity index (χ0v) is 10.1. The lowest BCUT2D eigenvalue weighted by atomic mass is 10.4. The number of nitrogens with one attached hydrogen (secondary N) is 1. The molecule has 0 bridgehead atoms. The number of carbonyl (C=O) groups excluding carboxylic acids is 1. The van der Waals surface area contributed by atoms with E-state index in [-0.39, 0.29) is 5.69 Å². The molecule has 0 unspecified atom stereocenters. The molecule has 2 aromatic heterocycles. The zero-order valence-electron chi connectivity index (χ0n) is 10.1. The molecule has 0 saturated carbocycles. The Bertz CT molecular complexity index is 535. The van der Waals surface area contributed by atoms with Crippen LogP contribution >= 0.6 is 0 Å². The summed E-state index contributed by atoms with van der Waals surface area (Å²) >= 11 is 0. The fraction of sp³-hybridized carbons (Fsp3) is 0.273. The second kappa shape index (κ2) is 5.26. The van der Waals surface area contributed by atoms with Gasteiger partial charge < -0.3 is 10.1 Å². The van der Waals surface area contributed by atoms with E-state index < -0.39 is 5.97 Å². The monoisotopic (exact) mass is 247 g/mol. The fourth-order valence-corrected chi connectivity index (χ4v) is 1.36. The van der Waals surface area contributed by atoms with Gasteiger partial charge in [-0.15, -0.1) is 10.2 Å². The van der Waals surface area contributed by atoms with Gasteiger partial charge in [0.15, 0.2) is 11.5 Å². The summed E-state index contributed by atoms with van der Waals surface area (Å²) in [6.45, 7) is 2.80. The molecule has 2 aromatic rings. The zero-order chi connectivity index (χ0) is 13.0. The van der Waals surface area contributed by atoms with Crippen molar-refractivity contribution in [3.05, 3.63) is 30.2 Å². The van der Waals surface area contributed by atoms with Crippen LogP contribution in [0.15, 0.2) is 24.5 Å². The molecular formula is C11H13N5O2. The minimum atomic E-state index is -0.507. The fourth-order valence-electron chi connectivity index (χ4n) is 1.36. The normalized spacial score (nSPS) is 10.1. The van der Waals surface area contributed by atoms with Gasteiger partial charge in [0.25, 0.3) is 0 Å². The molecule has 1 N–H and O–H groups in total. The maximum atomic E-state index is 11.2. The van der Waals surface area contributed by atoms with Crippen molar-refractivity contribution in [2.45, 2.75) is 13.5 Å². The standard InChI is InChI=1S/C11H13N5O2/c1-3-16-7-8(6-12-16)13-10-5-4-9(14-15-10)11(17)18-2/h4-7H,3H2,1-2H3,(H,13,15). The van der Waals surface area contributed by atoms with Crippen LogP contribution in [0.4, 0.5) is 11.5 Å². The van der Waals surface area contributed by atoms with Crippen molar-refractivity contribution in [3.8, 4) is 0 Å². The van der Waals surface area contributed by atoms with Crippen LogP contribution < -0.4 is 5.32 Å². The summed E-state index contributed by atoms with van der Waals surface area (Å²) in [6, 6.07) is 3.20. The van der Waals surface area contributed by atoms with E-state index in [0.717, 1.165) is 12.2 Å². The van der Waals surface area contributed by atoms with Crippen LogP contribution in [0.5, 0.6) is 0 Å². The van der Waals surface area contributed by atoms with E-state index in [4.69, 9.17) is 0 Å². The Hall–Kier alpha value is -2.44. The molecule has 0 aliphatic carbocycles. The molecule has 0 fully saturated rings. The predicted molar refractivity (Wildman–Crippen MR) is 64.6 cm³/mol. The lowest BCUT2D eigenvalue weighted by Crippen LogP contribution is -2.06. The van der Waals surface area contributed by atoms with Crippen LogP contribution in [0, 0.1) is 0 Å². The largest absolute Gasteiger partial charge is 0.464 e. The highest BCUT2D eigenvalue weighted by molar-refractivity contribution is 5.87. The van der Waals surface area contributed by atoms with Crippen molar-refractivity contribution in [3.63, 3.8) is 0 Å². The number of anilines is 2. The molecule has 7 heteroatoms. The number of aryl methyl sites for hydroxylation is 1. The number of hydrogen-bond acceptors (Lipinski definition) is 6. The maximum absolute atomic E-state index is 11.2. The van der Waals surface area contributed by atoms with Gasteiger partial charge in [0.05, 0.1) is 19.0 Å². The third-order valence-corrected chi connectivity index (χ3v) is 2.29. The first kappa shape index (κ1) is 12.0. The Kier molecular flexibility index (Phi) is 3.52. The number of aromatic nitrogens is 4. The molecule has 0 radical (unpaired) electrons. The Balaban J connectivity index is 2.08. The summed E-state index contributed by atoms with van der Waals surface area (Å²) in [5.74, 6) is 0.0335. The molecule has 0 aliphatic heterocycles. The molecule has 2 heterocycles. The van der Waals surface area contributed by atoms with Crippen molar-refractivity contribution in [2.75, 3.05) is 12.4 Å². The summed E-state index contributed by atoms with van der Waals surface area (Å²) in [5.41, 5.74) is 0.990. The lowest BCUT2D eigenvalue weighted by molar-refractivity contribution is 0.0593. The first-order valence-electron chi connectivity index (χ1n) is 5.44. The van der Waals surface area contributed by atoms with Crippen LogP contribution in [0.25, 0.3) is 0 Å². The van der Waals surface area contributed by atoms with Crippen molar-refractivity contribution in [1.82, 2.24) is 20.0 Å². The smallest absolute Gasteiger partial charge is 0.358 e. The van der Waals surface area contributed by atoms with E-state index in [1.165, 1.54) is 7.11 Å². The molecule has 7 nitrogen and oxygen atoms in total. The molecule has 0 spiro atoms. The highest BCUT2D eigenvalue weighted by Crippen LogP contribution is 2.12. The molecule has 0 aliphatic rings. The van der Waals surface area contributed by atoms with Gasteiger partial charge in [-0.2, -0.15) is 5.10 Å². The van der Waals surface area contributed by atoms with Gasteiger partial charge in [-0.05, 0) is 19.1 Å². The first-order chi connectivity index (χ1) is 8.72. The summed E-state index contributed by atoms with van der Waals surface area (Å²) in [6.07, 6.45) is 3.55. The van der Waals surface area contributed by atoms with Crippen molar-refractivity contribution < 1.29 is 9.53 Å². The average molecular weight is 247 g/mol. The van der Waals surface area contributed by atoms with Gasteiger partial charge in [0.2, 0.25) is 0 Å². The minimum absolute atomic E-state index is 0.173. The van der Waals surface area contributed by atoms with Crippen molar-refractivity contribution in [2.24, 2.45) is 0 Å². The quantitative estimate of drug-likeness (QED) is 0.818. The maximum Gasteiger partial charge on any atom is 0.358 e.